The van der Waals surface area contributed by atoms with Gasteiger partial charge in [-0.2, -0.15) is 5.10 Å². The predicted octanol–water partition coefficient (Wildman–Crippen LogP) is 1.25. The number of H-pyrrole nitrogens is 1. The number of aliphatic hydroxyl groups is 1. The number of hydrogen-bond acceptors (Lipinski definition) is 3. The summed E-state index contributed by atoms with van der Waals surface area (Å²) in [6.07, 6.45) is 2.14. The zero-order chi connectivity index (χ0) is 13.1. The van der Waals surface area contributed by atoms with Gasteiger partial charge in [-0.15, -0.1) is 0 Å². The second kappa shape index (κ2) is 5.31. The van der Waals surface area contributed by atoms with E-state index in [2.05, 4.69) is 15.5 Å². The van der Waals surface area contributed by atoms with Crippen LogP contribution in [-0.4, -0.2) is 33.4 Å². The van der Waals surface area contributed by atoms with Crippen LogP contribution in [0.2, 0.25) is 0 Å². The summed E-state index contributed by atoms with van der Waals surface area (Å²) in [5, 5.41) is 19.3. The maximum atomic E-state index is 11.8. The molecule has 1 aromatic rings. The second-order valence-electron chi connectivity index (χ2n) is 5.19. The van der Waals surface area contributed by atoms with Crippen molar-refractivity contribution in [2.45, 2.75) is 39.7 Å². The monoisotopic (exact) mass is 239 g/mol. The molecule has 3 N–H and O–H groups in total. The number of amides is 1. The van der Waals surface area contributed by atoms with Crippen LogP contribution < -0.4 is 5.32 Å². The van der Waals surface area contributed by atoms with Gasteiger partial charge in [-0.05, 0) is 26.2 Å². The van der Waals surface area contributed by atoms with Gasteiger partial charge in [0.1, 0.15) is 0 Å². The van der Waals surface area contributed by atoms with Crippen molar-refractivity contribution < 1.29 is 9.90 Å². The molecule has 96 valence electrons. The lowest BCUT2D eigenvalue weighted by atomic mass is 9.94. The Bertz CT molecular complexity index is 383. The highest BCUT2D eigenvalue weighted by molar-refractivity contribution is 5.94. The van der Waals surface area contributed by atoms with Crippen LogP contribution in [0.1, 0.15) is 43.2 Å². The maximum Gasteiger partial charge on any atom is 0.254 e. The molecule has 0 aliphatic heterocycles. The van der Waals surface area contributed by atoms with Crippen LogP contribution in [0.25, 0.3) is 0 Å². The number of nitrogens with one attached hydrogen (secondary N) is 2. The van der Waals surface area contributed by atoms with Crippen LogP contribution in [0.15, 0.2) is 6.20 Å². The van der Waals surface area contributed by atoms with Crippen molar-refractivity contribution in [1.29, 1.82) is 0 Å². The lowest BCUT2D eigenvalue weighted by Gasteiger charge is -2.25. The molecule has 1 amide bonds. The summed E-state index contributed by atoms with van der Waals surface area (Å²) < 4.78 is 0. The first-order chi connectivity index (χ1) is 7.82. The third-order valence-electron chi connectivity index (χ3n) is 2.55. The number of aryl methyl sites for hydroxylation is 1. The van der Waals surface area contributed by atoms with Gasteiger partial charge in [-0.3, -0.25) is 9.89 Å². The molecule has 0 radical (unpaired) electrons. The van der Waals surface area contributed by atoms with Crippen LogP contribution in [0.5, 0.6) is 0 Å². The fourth-order valence-corrected chi connectivity index (χ4v) is 1.90. The van der Waals surface area contributed by atoms with E-state index >= 15 is 0 Å². The number of hydrogen-bond donors (Lipinski definition) is 3. The predicted molar refractivity (Wildman–Crippen MR) is 65.7 cm³/mol. The quantitative estimate of drug-likeness (QED) is 0.723. The zero-order valence-electron chi connectivity index (χ0n) is 10.9. The Hall–Kier alpha value is -1.36. The van der Waals surface area contributed by atoms with Crippen molar-refractivity contribution in [2.24, 2.45) is 5.92 Å². The van der Waals surface area contributed by atoms with E-state index in [4.69, 9.17) is 0 Å². The summed E-state index contributed by atoms with van der Waals surface area (Å²) in [4.78, 5) is 11.8. The average molecular weight is 239 g/mol. The molecule has 1 unspecified atom stereocenters. The van der Waals surface area contributed by atoms with E-state index in [1.165, 1.54) is 6.20 Å². The summed E-state index contributed by atoms with van der Waals surface area (Å²) in [6, 6.07) is 0. The number of carbonyl (C=O) groups is 1. The van der Waals surface area contributed by atoms with E-state index in [0.29, 0.717) is 17.9 Å². The number of aromatic amines is 1. The van der Waals surface area contributed by atoms with Crippen LogP contribution in [0.3, 0.4) is 0 Å². The third-order valence-corrected chi connectivity index (χ3v) is 2.55. The molecule has 0 saturated heterocycles. The van der Waals surface area contributed by atoms with E-state index in [0.717, 1.165) is 5.69 Å². The molecule has 17 heavy (non-hydrogen) atoms. The van der Waals surface area contributed by atoms with Gasteiger partial charge in [-0.25, -0.2) is 0 Å². The summed E-state index contributed by atoms with van der Waals surface area (Å²) in [5.74, 6) is 0.179. The Morgan fingerprint density at radius 3 is 2.76 bits per heavy atom. The van der Waals surface area contributed by atoms with E-state index in [9.17, 15) is 9.90 Å². The molecule has 0 aromatic carbocycles. The van der Waals surface area contributed by atoms with Gasteiger partial charge in [0, 0.05) is 12.2 Å². The van der Waals surface area contributed by atoms with E-state index in [1.54, 1.807) is 13.8 Å². The second-order valence-corrected chi connectivity index (χ2v) is 5.19. The molecule has 0 bridgehead atoms. The van der Waals surface area contributed by atoms with Gasteiger partial charge in [0.15, 0.2) is 0 Å². The minimum absolute atomic E-state index is 0.208. The largest absolute Gasteiger partial charge is 0.388 e. The van der Waals surface area contributed by atoms with Crippen molar-refractivity contribution in [3.63, 3.8) is 0 Å². The van der Waals surface area contributed by atoms with Crippen molar-refractivity contribution in [1.82, 2.24) is 15.5 Å². The highest BCUT2D eigenvalue weighted by atomic mass is 16.3. The van der Waals surface area contributed by atoms with Crippen molar-refractivity contribution in [2.75, 3.05) is 6.54 Å². The Kier molecular flexibility index (Phi) is 4.28. The van der Waals surface area contributed by atoms with Crippen LogP contribution in [0.4, 0.5) is 0 Å². The lowest BCUT2D eigenvalue weighted by molar-refractivity contribution is 0.0368. The fourth-order valence-electron chi connectivity index (χ4n) is 1.90. The van der Waals surface area contributed by atoms with E-state index in [1.807, 2.05) is 13.8 Å². The topological polar surface area (TPSA) is 78.0 Å². The number of aromatic nitrogens is 2. The van der Waals surface area contributed by atoms with Gasteiger partial charge in [0.05, 0.1) is 17.4 Å². The van der Waals surface area contributed by atoms with E-state index < -0.39 is 5.60 Å². The molecule has 1 aromatic heterocycles. The minimum Gasteiger partial charge on any atom is -0.388 e. The maximum absolute atomic E-state index is 11.8. The molecule has 1 heterocycles. The number of carbonyl (C=O) groups excluding carboxylic acids is 1. The van der Waals surface area contributed by atoms with Crippen LogP contribution >= 0.6 is 0 Å². The molecule has 0 saturated carbocycles. The van der Waals surface area contributed by atoms with Gasteiger partial charge in [0.2, 0.25) is 0 Å². The summed E-state index contributed by atoms with van der Waals surface area (Å²) >= 11 is 0. The van der Waals surface area contributed by atoms with Gasteiger partial charge >= 0.3 is 0 Å². The highest BCUT2D eigenvalue weighted by Crippen LogP contribution is 2.15. The Labute approximate surface area is 102 Å². The van der Waals surface area contributed by atoms with Gasteiger partial charge in [-0.1, -0.05) is 13.8 Å². The molecular formula is C12H21N3O2. The highest BCUT2D eigenvalue weighted by Gasteiger charge is 2.23. The number of nitrogens with zero attached hydrogens (tertiary/aromatic N) is 1. The van der Waals surface area contributed by atoms with Gasteiger partial charge < -0.3 is 10.4 Å². The molecule has 1 atom stereocenters. The molecule has 0 spiro atoms. The van der Waals surface area contributed by atoms with E-state index in [-0.39, 0.29) is 12.5 Å². The summed E-state index contributed by atoms with van der Waals surface area (Å²) in [6.45, 7) is 7.84. The standard InChI is InChI=1S/C12H21N3O2/c1-8(2)5-12(4,17)7-13-11(16)10-6-14-15-9(10)3/h6,8,17H,5,7H2,1-4H3,(H,13,16)(H,14,15). The first-order valence-electron chi connectivity index (χ1n) is 5.82. The smallest absolute Gasteiger partial charge is 0.254 e. The summed E-state index contributed by atoms with van der Waals surface area (Å²) in [7, 11) is 0. The SMILES string of the molecule is Cc1[nH]ncc1C(=O)NCC(C)(O)CC(C)C. The van der Waals surface area contributed by atoms with Crippen LogP contribution in [0, 0.1) is 12.8 Å². The third kappa shape index (κ3) is 4.19. The molecule has 0 aliphatic carbocycles. The zero-order valence-corrected chi connectivity index (χ0v) is 10.9. The fraction of sp³-hybridized carbons (Fsp3) is 0.667. The molecule has 5 nitrogen and oxygen atoms in total. The van der Waals surface area contributed by atoms with Crippen molar-refractivity contribution in [3.8, 4) is 0 Å². The van der Waals surface area contributed by atoms with Crippen LogP contribution in [-0.2, 0) is 0 Å². The van der Waals surface area contributed by atoms with Crippen molar-refractivity contribution in [3.05, 3.63) is 17.5 Å². The Balaban J connectivity index is 2.51. The Morgan fingerprint density at radius 2 is 2.29 bits per heavy atom. The minimum atomic E-state index is -0.874. The molecular weight excluding hydrogens is 218 g/mol. The molecule has 0 fully saturated rings. The lowest BCUT2D eigenvalue weighted by Crippen LogP contribution is -2.41. The van der Waals surface area contributed by atoms with Crippen molar-refractivity contribution >= 4 is 5.91 Å². The average Bonchev–Trinajstić information content (AvgIpc) is 2.59. The Morgan fingerprint density at radius 1 is 1.65 bits per heavy atom. The first kappa shape index (κ1) is 13.7. The molecule has 1 rings (SSSR count). The first-order valence-corrected chi connectivity index (χ1v) is 5.82. The summed E-state index contributed by atoms with van der Waals surface area (Å²) in [5.41, 5.74) is 0.373. The molecule has 5 heteroatoms. The molecule has 0 aliphatic rings. The normalized spacial score (nSPS) is 14.7. The number of rotatable bonds is 5. The van der Waals surface area contributed by atoms with Gasteiger partial charge in [0.25, 0.3) is 5.91 Å².